The van der Waals surface area contributed by atoms with Gasteiger partial charge < -0.3 is 16.0 Å². The van der Waals surface area contributed by atoms with Gasteiger partial charge in [-0.05, 0) is 12.8 Å². The fourth-order valence-electron chi connectivity index (χ4n) is 3.22. The van der Waals surface area contributed by atoms with Gasteiger partial charge in [0.1, 0.15) is 5.69 Å². The van der Waals surface area contributed by atoms with E-state index in [0.717, 1.165) is 31.2 Å². The van der Waals surface area contributed by atoms with E-state index in [9.17, 15) is 9.59 Å². The van der Waals surface area contributed by atoms with E-state index in [4.69, 9.17) is 0 Å². The minimum atomic E-state index is -0.304. The SMILES string of the molecule is Cn1cc(CNC(=O)c2c(NC(=O)NC3CCCCC3)cnn2C)cn1. The monoisotopic (exact) mass is 359 g/mol. The maximum Gasteiger partial charge on any atom is 0.319 e. The Balaban J connectivity index is 1.60. The van der Waals surface area contributed by atoms with Crippen molar-refractivity contribution in [2.45, 2.75) is 44.7 Å². The van der Waals surface area contributed by atoms with Crippen molar-refractivity contribution in [3.8, 4) is 0 Å². The molecule has 0 bridgehead atoms. The van der Waals surface area contributed by atoms with Crippen LogP contribution in [0.4, 0.5) is 10.5 Å². The van der Waals surface area contributed by atoms with Gasteiger partial charge in [0, 0.05) is 38.4 Å². The van der Waals surface area contributed by atoms with Crippen LogP contribution >= 0.6 is 0 Å². The topological polar surface area (TPSA) is 106 Å². The Morgan fingerprint density at radius 1 is 1.15 bits per heavy atom. The molecule has 9 heteroatoms. The quantitative estimate of drug-likeness (QED) is 0.753. The first kappa shape index (κ1) is 18.0. The normalized spacial score (nSPS) is 14.8. The Labute approximate surface area is 152 Å². The van der Waals surface area contributed by atoms with Crippen LogP contribution in [0, 0.1) is 0 Å². The summed E-state index contributed by atoms with van der Waals surface area (Å²) in [5.41, 5.74) is 1.60. The van der Waals surface area contributed by atoms with Crippen LogP contribution in [0.3, 0.4) is 0 Å². The fourth-order valence-corrected chi connectivity index (χ4v) is 3.22. The minimum absolute atomic E-state index is 0.197. The summed E-state index contributed by atoms with van der Waals surface area (Å²) in [6.07, 6.45) is 10.5. The number of nitrogens with one attached hydrogen (secondary N) is 3. The summed E-state index contributed by atoms with van der Waals surface area (Å²) in [7, 11) is 3.49. The molecular weight excluding hydrogens is 334 g/mol. The Bertz CT molecular complexity index is 774. The Hall–Kier alpha value is -2.84. The van der Waals surface area contributed by atoms with E-state index >= 15 is 0 Å². The second-order valence-electron chi connectivity index (χ2n) is 6.67. The van der Waals surface area contributed by atoms with E-state index in [-0.39, 0.29) is 18.0 Å². The molecule has 1 aliphatic rings. The predicted molar refractivity (Wildman–Crippen MR) is 96.6 cm³/mol. The van der Waals surface area contributed by atoms with Crippen LogP contribution in [0.2, 0.25) is 0 Å². The van der Waals surface area contributed by atoms with Crippen molar-refractivity contribution in [2.24, 2.45) is 14.1 Å². The number of urea groups is 1. The summed E-state index contributed by atoms with van der Waals surface area (Å²) in [5.74, 6) is -0.304. The number of amides is 3. The third-order valence-corrected chi connectivity index (χ3v) is 4.55. The molecule has 0 spiro atoms. The summed E-state index contributed by atoms with van der Waals surface area (Å²) < 4.78 is 3.13. The third kappa shape index (κ3) is 4.41. The van der Waals surface area contributed by atoms with Crippen LogP contribution in [0.15, 0.2) is 18.6 Å². The highest BCUT2D eigenvalue weighted by atomic mass is 16.2. The molecule has 9 nitrogen and oxygen atoms in total. The van der Waals surface area contributed by atoms with Crippen LogP contribution in [-0.2, 0) is 20.6 Å². The first-order valence-corrected chi connectivity index (χ1v) is 8.88. The van der Waals surface area contributed by atoms with E-state index in [1.807, 2.05) is 13.2 Å². The number of anilines is 1. The number of carbonyl (C=O) groups is 2. The average Bonchev–Trinajstić information content (AvgIpc) is 3.19. The molecule has 140 valence electrons. The van der Waals surface area contributed by atoms with E-state index in [0.29, 0.717) is 17.9 Å². The van der Waals surface area contributed by atoms with Crippen molar-refractivity contribution in [3.05, 3.63) is 29.8 Å². The molecule has 1 saturated carbocycles. The molecule has 0 aromatic carbocycles. The Morgan fingerprint density at radius 3 is 2.62 bits per heavy atom. The average molecular weight is 359 g/mol. The number of hydrogen-bond donors (Lipinski definition) is 3. The summed E-state index contributed by atoms with van der Waals surface area (Å²) >= 11 is 0. The van der Waals surface area contributed by atoms with Crippen LogP contribution in [0.25, 0.3) is 0 Å². The lowest BCUT2D eigenvalue weighted by Gasteiger charge is -2.22. The number of aryl methyl sites for hydroxylation is 2. The van der Waals surface area contributed by atoms with E-state index in [1.54, 1.807) is 17.9 Å². The molecule has 3 amide bonds. The third-order valence-electron chi connectivity index (χ3n) is 4.55. The first-order valence-electron chi connectivity index (χ1n) is 8.88. The molecule has 0 atom stereocenters. The summed E-state index contributed by atoms with van der Waals surface area (Å²) in [6.45, 7) is 0.353. The van der Waals surface area contributed by atoms with Gasteiger partial charge in [-0.15, -0.1) is 0 Å². The van der Waals surface area contributed by atoms with Crippen molar-refractivity contribution < 1.29 is 9.59 Å². The Kier molecular flexibility index (Phi) is 5.55. The van der Waals surface area contributed by atoms with Gasteiger partial charge in [0.2, 0.25) is 0 Å². The zero-order valence-corrected chi connectivity index (χ0v) is 15.2. The van der Waals surface area contributed by atoms with E-state index in [1.165, 1.54) is 17.3 Å². The van der Waals surface area contributed by atoms with Crippen LogP contribution < -0.4 is 16.0 Å². The van der Waals surface area contributed by atoms with Gasteiger partial charge >= 0.3 is 6.03 Å². The van der Waals surface area contributed by atoms with Crippen molar-refractivity contribution in [1.29, 1.82) is 0 Å². The second-order valence-corrected chi connectivity index (χ2v) is 6.67. The zero-order valence-electron chi connectivity index (χ0n) is 15.2. The number of hydrogen-bond acceptors (Lipinski definition) is 4. The summed E-state index contributed by atoms with van der Waals surface area (Å²) in [6, 6.07) is -0.102. The van der Waals surface area contributed by atoms with Crippen LogP contribution in [0.1, 0.15) is 48.2 Å². The largest absolute Gasteiger partial charge is 0.346 e. The van der Waals surface area contributed by atoms with Crippen molar-refractivity contribution >= 4 is 17.6 Å². The van der Waals surface area contributed by atoms with Gasteiger partial charge in [-0.25, -0.2) is 4.79 Å². The van der Waals surface area contributed by atoms with Gasteiger partial charge in [0.05, 0.1) is 18.1 Å². The maximum atomic E-state index is 12.5. The Morgan fingerprint density at radius 2 is 1.92 bits per heavy atom. The molecule has 2 aromatic heterocycles. The molecule has 0 aliphatic heterocycles. The molecule has 0 saturated heterocycles. The highest BCUT2D eigenvalue weighted by Crippen LogP contribution is 2.18. The molecule has 2 heterocycles. The van der Waals surface area contributed by atoms with Crippen LogP contribution in [-0.4, -0.2) is 37.5 Å². The van der Waals surface area contributed by atoms with Gasteiger partial charge in [-0.2, -0.15) is 10.2 Å². The van der Waals surface area contributed by atoms with E-state index in [2.05, 4.69) is 26.1 Å². The molecule has 2 aromatic rings. The standard InChI is InChI=1S/C17H25N7O2/c1-23-11-12(9-19-23)8-18-16(25)15-14(10-20-24(15)2)22-17(26)21-13-6-4-3-5-7-13/h9-11,13H,3-8H2,1-2H3,(H,18,25)(H2,21,22,26). The predicted octanol–water partition coefficient (Wildman–Crippen LogP) is 1.54. The van der Waals surface area contributed by atoms with Gasteiger partial charge in [0.15, 0.2) is 0 Å². The summed E-state index contributed by atoms with van der Waals surface area (Å²) in [4.78, 5) is 24.8. The van der Waals surface area contributed by atoms with Crippen molar-refractivity contribution in [2.75, 3.05) is 5.32 Å². The lowest BCUT2D eigenvalue weighted by atomic mass is 9.96. The summed E-state index contributed by atoms with van der Waals surface area (Å²) in [5, 5.41) is 16.7. The molecule has 0 radical (unpaired) electrons. The highest BCUT2D eigenvalue weighted by Gasteiger charge is 2.20. The number of carbonyl (C=O) groups excluding carboxylic acids is 2. The smallest absolute Gasteiger partial charge is 0.319 e. The fraction of sp³-hybridized carbons (Fsp3) is 0.529. The molecule has 3 N–H and O–H groups in total. The molecule has 1 fully saturated rings. The number of aromatic nitrogens is 4. The highest BCUT2D eigenvalue weighted by molar-refractivity contribution is 6.02. The van der Waals surface area contributed by atoms with Crippen molar-refractivity contribution in [1.82, 2.24) is 30.2 Å². The molecule has 26 heavy (non-hydrogen) atoms. The lowest BCUT2D eigenvalue weighted by Crippen LogP contribution is -2.39. The van der Waals surface area contributed by atoms with E-state index < -0.39 is 0 Å². The molecule has 0 unspecified atom stereocenters. The van der Waals surface area contributed by atoms with Gasteiger partial charge in [0.25, 0.3) is 5.91 Å². The molecular formula is C17H25N7O2. The maximum absolute atomic E-state index is 12.5. The zero-order chi connectivity index (χ0) is 18.5. The minimum Gasteiger partial charge on any atom is -0.346 e. The number of rotatable bonds is 5. The van der Waals surface area contributed by atoms with Gasteiger partial charge in [-0.3, -0.25) is 14.2 Å². The lowest BCUT2D eigenvalue weighted by molar-refractivity contribution is 0.0942. The first-order chi connectivity index (χ1) is 12.5. The molecule has 1 aliphatic carbocycles. The second kappa shape index (κ2) is 8.03. The van der Waals surface area contributed by atoms with Crippen molar-refractivity contribution in [3.63, 3.8) is 0 Å². The van der Waals surface area contributed by atoms with Crippen LogP contribution in [0.5, 0.6) is 0 Å². The molecule has 3 rings (SSSR count). The van der Waals surface area contributed by atoms with Gasteiger partial charge in [-0.1, -0.05) is 19.3 Å². The number of nitrogens with zero attached hydrogens (tertiary/aromatic N) is 4.